The summed E-state index contributed by atoms with van der Waals surface area (Å²) in [5.74, 6) is 0.0361. The van der Waals surface area contributed by atoms with Crippen molar-refractivity contribution in [1.29, 1.82) is 0 Å². The summed E-state index contributed by atoms with van der Waals surface area (Å²) in [4.78, 5) is 12.0. The van der Waals surface area contributed by atoms with Gasteiger partial charge in [-0.15, -0.1) is 0 Å². The fourth-order valence-electron chi connectivity index (χ4n) is 1.96. The summed E-state index contributed by atoms with van der Waals surface area (Å²) in [6.07, 6.45) is 0.835. The number of hydrazone groups is 1. The van der Waals surface area contributed by atoms with Crippen LogP contribution in [-0.4, -0.2) is 16.6 Å². The molecule has 0 saturated heterocycles. The number of carbonyl (C=O) groups excluding carboxylic acids is 1. The van der Waals surface area contributed by atoms with Gasteiger partial charge in [-0.2, -0.15) is 5.10 Å². The lowest BCUT2D eigenvalue weighted by Gasteiger charge is -2.12. The topological polar surface area (TPSA) is 32.7 Å². The van der Waals surface area contributed by atoms with E-state index >= 15 is 0 Å². The minimum atomic E-state index is -0.0628. The summed E-state index contributed by atoms with van der Waals surface area (Å²) in [5, 5.41) is 5.95. The summed E-state index contributed by atoms with van der Waals surface area (Å²) < 4.78 is 1.02. The van der Waals surface area contributed by atoms with Gasteiger partial charge in [-0.25, -0.2) is 5.01 Å². The Morgan fingerprint density at radius 1 is 1.47 bits per heavy atom. The van der Waals surface area contributed by atoms with E-state index in [0.29, 0.717) is 6.54 Å². The summed E-state index contributed by atoms with van der Waals surface area (Å²) in [5.41, 5.74) is 2.06. The number of halogens is 1. The molecule has 0 saturated carbocycles. The van der Waals surface area contributed by atoms with Crippen molar-refractivity contribution in [1.82, 2.24) is 5.01 Å². The number of hydrogen-bond donors (Lipinski definition) is 0. The van der Waals surface area contributed by atoms with E-state index in [1.165, 1.54) is 0 Å². The number of carbonyl (C=O) groups is 1. The van der Waals surface area contributed by atoms with Gasteiger partial charge in [0.15, 0.2) is 0 Å². The van der Waals surface area contributed by atoms with Gasteiger partial charge in [-0.1, -0.05) is 35.0 Å². The molecule has 1 atom stereocenters. The first-order chi connectivity index (χ1) is 8.11. The van der Waals surface area contributed by atoms with Gasteiger partial charge in [-0.05, 0) is 31.0 Å². The van der Waals surface area contributed by atoms with Gasteiger partial charge < -0.3 is 0 Å². The Labute approximate surface area is 110 Å². The van der Waals surface area contributed by atoms with E-state index in [-0.39, 0.29) is 11.8 Å². The highest BCUT2D eigenvalue weighted by molar-refractivity contribution is 9.10. The van der Waals surface area contributed by atoms with Gasteiger partial charge in [0.1, 0.15) is 0 Å². The van der Waals surface area contributed by atoms with E-state index in [2.05, 4.69) is 21.0 Å². The van der Waals surface area contributed by atoms with Crippen LogP contribution in [0.2, 0.25) is 0 Å². The molecule has 0 fully saturated rings. The van der Waals surface area contributed by atoms with Crippen LogP contribution < -0.4 is 0 Å². The standard InChI is InChI=1S/C13H15BrN2O/c1-3-12-9(2)13(17)16(15-12)8-10-5-4-6-11(14)7-10/h4-7,9H,3,8H2,1-2H3. The Morgan fingerprint density at radius 2 is 2.24 bits per heavy atom. The van der Waals surface area contributed by atoms with Gasteiger partial charge >= 0.3 is 0 Å². The van der Waals surface area contributed by atoms with Crippen LogP contribution >= 0.6 is 15.9 Å². The van der Waals surface area contributed by atoms with Crippen molar-refractivity contribution in [2.24, 2.45) is 11.0 Å². The molecule has 3 nitrogen and oxygen atoms in total. The lowest BCUT2D eigenvalue weighted by molar-refractivity contribution is -0.131. The quantitative estimate of drug-likeness (QED) is 0.843. The molecule has 0 aromatic heterocycles. The maximum absolute atomic E-state index is 12.0. The van der Waals surface area contributed by atoms with Crippen molar-refractivity contribution in [2.45, 2.75) is 26.8 Å². The van der Waals surface area contributed by atoms with Crippen LogP contribution in [0.3, 0.4) is 0 Å². The first kappa shape index (κ1) is 12.3. The zero-order chi connectivity index (χ0) is 12.4. The van der Waals surface area contributed by atoms with E-state index in [1.807, 2.05) is 38.1 Å². The molecule has 0 N–H and O–H groups in total. The molecule has 1 aliphatic heterocycles. The molecule has 1 aromatic rings. The normalized spacial score (nSPS) is 19.7. The molecule has 1 aliphatic rings. The minimum absolute atomic E-state index is 0.0628. The molecule has 2 rings (SSSR count). The number of hydrogen-bond acceptors (Lipinski definition) is 2. The number of amides is 1. The molecule has 1 amide bonds. The molecule has 1 aromatic carbocycles. The number of rotatable bonds is 3. The maximum atomic E-state index is 12.0. The van der Waals surface area contributed by atoms with Crippen LogP contribution in [0.5, 0.6) is 0 Å². The molecule has 4 heteroatoms. The molecule has 0 radical (unpaired) electrons. The average Bonchev–Trinajstić information content (AvgIpc) is 2.57. The highest BCUT2D eigenvalue weighted by Crippen LogP contribution is 2.21. The molecular formula is C13H15BrN2O. The lowest BCUT2D eigenvalue weighted by Crippen LogP contribution is -2.25. The van der Waals surface area contributed by atoms with Gasteiger partial charge in [0.25, 0.3) is 5.91 Å². The molecule has 1 unspecified atom stereocenters. The molecule has 90 valence electrons. The van der Waals surface area contributed by atoms with Gasteiger partial charge in [-0.3, -0.25) is 4.79 Å². The monoisotopic (exact) mass is 294 g/mol. The van der Waals surface area contributed by atoms with E-state index < -0.39 is 0 Å². The fourth-order valence-corrected chi connectivity index (χ4v) is 2.40. The van der Waals surface area contributed by atoms with Gasteiger partial charge in [0.2, 0.25) is 0 Å². The second-order valence-electron chi connectivity index (χ2n) is 4.19. The molecule has 1 heterocycles. The Hall–Kier alpha value is -1.16. The van der Waals surface area contributed by atoms with Crippen molar-refractivity contribution in [3.63, 3.8) is 0 Å². The van der Waals surface area contributed by atoms with Crippen LogP contribution in [0.1, 0.15) is 25.8 Å². The van der Waals surface area contributed by atoms with Crippen molar-refractivity contribution in [3.8, 4) is 0 Å². The summed E-state index contributed by atoms with van der Waals surface area (Å²) >= 11 is 3.42. The van der Waals surface area contributed by atoms with E-state index in [9.17, 15) is 4.79 Å². The summed E-state index contributed by atoms with van der Waals surface area (Å²) in [7, 11) is 0. The predicted octanol–water partition coefficient (Wildman–Crippen LogP) is 3.19. The van der Waals surface area contributed by atoms with Crippen LogP contribution in [0.15, 0.2) is 33.8 Å². The Morgan fingerprint density at radius 3 is 2.82 bits per heavy atom. The fraction of sp³-hybridized carbons (Fsp3) is 0.385. The summed E-state index contributed by atoms with van der Waals surface area (Å²) in [6.45, 7) is 4.50. The number of benzene rings is 1. The third kappa shape index (κ3) is 2.57. The molecule has 17 heavy (non-hydrogen) atoms. The second-order valence-corrected chi connectivity index (χ2v) is 5.11. The average molecular weight is 295 g/mol. The second kappa shape index (κ2) is 5.00. The molecule has 0 spiro atoms. The van der Waals surface area contributed by atoms with Crippen molar-refractivity contribution in [2.75, 3.05) is 0 Å². The van der Waals surface area contributed by atoms with Crippen LogP contribution in [-0.2, 0) is 11.3 Å². The number of nitrogens with zero attached hydrogens (tertiary/aromatic N) is 2. The highest BCUT2D eigenvalue weighted by atomic mass is 79.9. The molecule has 0 bridgehead atoms. The SMILES string of the molecule is CCC1=NN(Cc2cccc(Br)c2)C(=O)C1C. The smallest absolute Gasteiger partial charge is 0.251 e. The first-order valence-corrected chi connectivity index (χ1v) is 6.54. The van der Waals surface area contributed by atoms with Crippen molar-refractivity contribution >= 4 is 27.5 Å². The van der Waals surface area contributed by atoms with E-state index in [4.69, 9.17) is 0 Å². The van der Waals surface area contributed by atoms with E-state index in [1.54, 1.807) is 5.01 Å². The zero-order valence-corrected chi connectivity index (χ0v) is 11.6. The lowest BCUT2D eigenvalue weighted by atomic mass is 10.0. The largest absolute Gasteiger partial charge is 0.272 e. The van der Waals surface area contributed by atoms with Crippen LogP contribution in [0, 0.1) is 5.92 Å². The van der Waals surface area contributed by atoms with E-state index in [0.717, 1.165) is 22.2 Å². The Kier molecular flexibility index (Phi) is 3.62. The molecule has 0 aliphatic carbocycles. The Bertz CT molecular complexity index is 470. The van der Waals surface area contributed by atoms with Gasteiger partial charge in [0, 0.05) is 4.47 Å². The minimum Gasteiger partial charge on any atom is -0.272 e. The van der Waals surface area contributed by atoms with Crippen LogP contribution in [0.25, 0.3) is 0 Å². The summed E-state index contributed by atoms with van der Waals surface area (Å²) in [6, 6.07) is 7.95. The van der Waals surface area contributed by atoms with Crippen LogP contribution in [0.4, 0.5) is 0 Å². The third-order valence-electron chi connectivity index (χ3n) is 2.96. The highest BCUT2D eigenvalue weighted by Gasteiger charge is 2.30. The maximum Gasteiger partial charge on any atom is 0.251 e. The third-order valence-corrected chi connectivity index (χ3v) is 3.45. The first-order valence-electron chi connectivity index (χ1n) is 5.75. The predicted molar refractivity (Wildman–Crippen MR) is 71.6 cm³/mol. The zero-order valence-electron chi connectivity index (χ0n) is 9.98. The van der Waals surface area contributed by atoms with Crippen molar-refractivity contribution in [3.05, 3.63) is 34.3 Å². The van der Waals surface area contributed by atoms with Crippen molar-refractivity contribution < 1.29 is 4.79 Å². The molecular weight excluding hydrogens is 280 g/mol. The van der Waals surface area contributed by atoms with Gasteiger partial charge in [0.05, 0.1) is 18.2 Å². The Balaban J connectivity index is 2.15.